The van der Waals surface area contributed by atoms with E-state index in [0.29, 0.717) is 6.54 Å². The summed E-state index contributed by atoms with van der Waals surface area (Å²) < 4.78 is 5.72. The molecule has 0 aliphatic rings. The molecule has 1 aromatic heterocycles. The van der Waals surface area contributed by atoms with Crippen LogP contribution in [0.15, 0.2) is 42.6 Å². The SMILES string of the molecule is Cc1cc(C)c(OCC(=O)NCCc2c[nH]c3ccccc23)c(C)c1. The van der Waals surface area contributed by atoms with E-state index in [9.17, 15) is 4.79 Å². The molecule has 2 aromatic carbocycles. The lowest BCUT2D eigenvalue weighted by atomic mass is 10.1. The van der Waals surface area contributed by atoms with Crippen molar-refractivity contribution < 1.29 is 9.53 Å². The zero-order valence-corrected chi connectivity index (χ0v) is 15.0. The number of hydrogen-bond acceptors (Lipinski definition) is 2. The summed E-state index contributed by atoms with van der Waals surface area (Å²) in [6.45, 7) is 6.70. The van der Waals surface area contributed by atoms with Crippen molar-refractivity contribution in [1.29, 1.82) is 0 Å². The largest absolute Gasteiger partial charge is 0.483 e. The minimum absolute atomic E-state index is 0.0403. The fourth-order valence-corrected chi connectivity index (χ4v) is 3.26. The highest BCUT2D eigenvalue weighted by Gasteiger charge is 2.09. The second kappa shape index (κ2) is 7.43. The second-order valence-corrected chi connectivity index (χ2v) is 6.48. The Morgan fingerprint density at radius 3 is 2.60 bits per heavy atom. The van der Waals surface area contributed by atoms with E-state index in [2.05, 4.69) is 41.5 Å². The average Bonchev–Trinajstić information content (AvgIpc) is 2.97. The zero-order chi connectivity index (χ0) is 17.8. The minimum atomic E-state index is -0.0979. The summed E-state index contributed by atoms with van der Waals surface area (Å²) in [7, 11) is 0. The van der Waals surface area contributed by atoms with E-state index in [1.165, 1.54) is 16.5 Å². The highest BCUT2D eigenvalue weighted by atomic mass is 16.5. The Balaban J connectivity index is 1.50. The van der Waals surface area contributed by atoms with E-state index in [0.717, 1.165) is 28.8 Å². The molecule has 4 heteroatoms. The van der Waals surface area contributed by atoms with Crippen LogP contribution in [0.5, 0.6) is 5.75 Å². The van der Waals surface area contributed by atoms with Crippen molar-refractivity contribution in [2.75, 3.05) is 13.2 Å². The van der Waals surface area contributed by atoms with Crippen LogP contribution in [0.1, 0.15) is 22.3 Å². The number of aromatic nitrogens is 1. The molecular formula is C21H24N2O2. The highest BCUT2D eigenvalue weighted by molar-refractivity contribution is 5.83. The van der Waals surface area contributed by atoms with E-state index < -0.39 is 0 Å². The molecule has 4 nitrogen and oxygen atoms in total. The predicted molar refractivity (Wildman–Crippen MR) is 101 cm³/mol. The Morgan fingerprint density at radius 1 is 1.12 bits per heavy atom. The van der Waals surface area contributed by atoms with Crippen molar-refractivity contribution in [3.8, 4) is 5.75 Å². The number of para-hydroxylation sites is 1. The van der Waals surface area contributed by atoms with Gasteiger partial charge in [-0.25, -0.2) is 0 Å². The maximum Gasteiger partial charge on any atom is 0.257 e. The first kappa shape index (κ1) is 17.1. The van der Waals surface area contributed by atoms with Gasteiger partial charge in [0.2, 0.25) is 0 Å². The number of H-pyrrole nitrogens is 1. The molecule has 1 heterocycles. The summed E-state index contributed by atoms with van der Waals surface area (Å²) in [6, 6.07) is 12.3. The van der Waals surface area contributed by atoms with Crippen molar-refractivity contribution in [3.63, 3.8) is 0 Å². The molecule has 2 N–H and O–H groups in total. The van der Waals surface area contributed by atoms with Crippen LogP contribution in [0, 0.1) is 20.8 Å². The molecule has 0 fully saturated rings. The molecule has 0 aliphatic carbocycles. The molecule has 130 valence electrons. The number of benzene rings is 2. The third-order valence-corrected chi connectivity index (χ3v) is 4.34. The van der Waals surface area contributed by atoms with Gasteiger partial charge in [-0.3, -0.25) is 4.79 Å². The number of fused-ring (bicyclic) bond motifs is 1. The Labute approximate surface area is 148 Å². The molecule has 0 saturated heterocycles. The first-order valence-corrected chi connectivity index (χ1v) is 8.57. The van der Waals surface area contributed by atoms with Crippen LogP contribution in [-0.4, -0.2) is 24.0 Å². The number of amides is 1. The summed E-state index contributed by atoms with van der Waals surface area (Å²) in [4.78, 5) is 15.3. The summed E-state index contributed by atoms with van der Waals surface area (Å²) in [5.41, 5.74) is 5.65. The van der Waals surface area contributed by atoms with Gasteiger partial charge in [-0.05, 0) is 49.9 Å². The lowest BCUT2D eigenvalue weighted by Crippen LogP contribution is -2.30. The average molecular weight is 336 g/mol. The van der Waals surface area contributed by atoms with Gasteiger partial charge in [-0.2, -0.15) is 0 Å². The van der Waals surface area contributed by atoms with E-state index in [1.54, 1.807) is 0 Å². The smallest absolute Gasteiger partial charge is 0.257 e. The van der Waals surface area contributed by atoms with Crippen LogP contribution in [0.25, 0.3) is 10.9 Å². The van der Waals surface area contributed by atoms with Crippen LogP contribution in [0.4, 0.5) is 0 Å². The summed E-state index contributed by atoms with van der Waals surface area (Å²) in [6.07, 6.45) is 2.80. The number of aryl methyl sites for hydroxylation is 3. The first-order valence-electron chi connectivity index (χ1n) is 8.57. The Kier molecular flexibility index (Phi) is 5.08. The molecule has 3 rings (SSSR count). The molecule has 3 aromatic rings. The maximum absolute atomic E-state index is 12.1. The molecule has 0 saturated carbocycles. The van der Waals surface area contributed by atoms with Gasteiger partial charge in [0, 0.05) is 23.6 Å². The van der Waals surface area contributed by atoms with Crippen molar-refractivity contribution in [3.05, 3.63) is 64.8 Å². The Morgan fingerprint density at radius 2 is 1.84 bits per heavy atom. The topological polar surface area (TPSA) is 54.1 Å². The summed E-state index contributed by atoms with van der Waals surface area (Å²) in [5, 5.41) is 4.14. The number of nitrogens with one attached hydrogen (secondary N) is 2. The quantitative estimate of drug-likeness (QED) is 0.719. The van der Waals surface area contributed by atoms with Gasteiger partial charge in [-0.1, -0.05) is 35.9 Å². The summed E-state index contributed by atoms with van der Waals surface area (Å²) >= 11 is 0. The van der Waals surface area contributed by atoms with Crippen molar-refractivity contribution in [2.45, 2.75) is 27.2 Å². The van der Waals surface area contributed by atoms with E-state index in [1.807, 2.05) is 32.2 Å². The van der Waals surface area contributed by atoms with Gasteiger partial charge >= 0.3 is 0 Å². The van der Waals surface area contributed by atoms with Gasteiger partial charge in [-0.15, -0.1) is 0 Å². The Hall–Kier alpha value is -2.75. The standard InChI is InChI=1S/C21H24N2O2/c1-14-10-15(2)21(16(3)11-14)25-13-20(24)22-9-8-17-12-23-19-7-5-4-6-18(17)19/h4-7,10-12,23H,8-9,13H2,1-3H3,(H,22,24). The van der Waals surface area contributed by atoms with Crippen LogP contribution in [0.2, 0.25) is 0 Å². The first-order chi connectivity index (χ1) is 12.0. The van der Waals surface area contributed by atoms with Crippen LogP contribution in [-0.2, 0) is 11.2 Å². The number of carbonyl (C=O) groups excluding carboxylic acids is 1. The van der Waals surface area contributed by atoms with Crippen LogP contribution >= 0.6 is 0 Å². The number of hydrogen-bond donors (Lipinski definition) is 2. The molecule has 0 atom stereocenters. The van der Waals surface area contributed by atoms with Crippen molar-refractivity contribution >= 4 is 16.8 Å². The molecule has 0 unspecified atom stereocenters. The zero-order valence-electron chi connectivity index (χ0n) is 15.0. The number of ether oxygens (including phenoxy) is 1. The van der Waals surface area contributed by atoms with Gasteiger partial charge in [0.15, 0.2) is 6.61 Å². The van der Waals surface area contributed by atoms with E-state index in [-0.39, 0.29) is 12.5 Å². The molecule has 0 radical (unpaired) electrons. The van der Waals surface area contributed by atoms with Crippen LogP contribution in [0.3, 0.4) is 0 Å². The van der Waals surface area contributed by atoms with Gasteiger partial charge in [0.05, 0.1) is 0 Å². The monoisotopic (exact) mass is 336 g/mol. The van der Waals surface area contributed by atoms with Gasteiger partial charge < -0.3 is 15.0 Å². The number of aromatic amines is 1. The highest BCUT2D eigenvalue weighted by Crippen LogP contribution is 2.24. The molecule has 25 heavy (non-hydrogen) atoms. The van der Waals surface area contributed by atoms with E-state index in [4.69, 9.17) is 4.74 Å². The molecule has 1 amide bonds. The minimum Gasteiger partial charge on any atom is -0.483 e. The summed E-state index contributed by atoms with van der Waals surface area (Å²) in [5.74, 6) is 0.705. The molecule has 0 aliphatic heterocycles. The maximum atomic E-state index is 12.1. The lowest BCUT2D eigenvalue weighted by molar-refractivity contribution is -0.123. The molecule has 0 bridgehead atoms. The predicted octanol–water partition coefficient (Wildman–Crippen LogP) is 3.83. The molecular weight excluding hydrogens is 312 g/mol. The van der Waals surface area contributed by atoms with Crippen molar-refractivity contribution in [2.24, 2.45) is 0 Å². The fourth-order valence-electron chi connectivity index (χ4n) is 3.26. The van der Waals surface area contributed by atoms with Crippen LogP contribution < -0.4 is 10.1 Å². The number of carbonyl (C=O) groups is 1. The third kappa shape index (κ3) is 4.02. The normalized spacial score (nSPS) is 10.8. The Bertz CT molecular complexity index is 873. The fraction of sp³-hybridized carbons (Fsp3) is 0.286. The second-order valence-electron chi connectivity index (χ2n) is 6.48. The van der Waals surface area contributed by atoms with Gasteiger partial charge in [0.1, 0.15) is 5.75 Å². The number of rotatable bonds is 6. The molecule has 0 spiro atoms. The third-order valence-electron chi connectivity index (χ3n) is 4.34. The van der Waals surface area contributed by atoms with Gasteiger partial charge in [0.25, 0.3) is 5.91 Å². The van der Waals surface area contributed by atoms with Crippen molar-refractivity contribution in [1.82, 2.24) is 10.3 Å². The lowest BCUT2D eigenvalue weighted by Gasteiger charge is -2.13. The van der Waals surface area contributed by atoms with E-state index >= 15 is 0 Å².